The van der Waals surface area contributed by atoms with Gasteiger partial charge in [0.1, 0.15) is 11.0 Å². The second-order valence-corrected chi connectivity index (χ2v) is 7.82. The van der Waals surface area contributed by atoms with Crippen molar-refractivity contribution in [2.45, 2.75) is 17.1 Å². The molecule has 1 aromatic heterocycles. The molecule has 1 saturated heterocycles. The van der Waals surface area contributed by atoms with Crippen LogP contribution < -0.4 is 0 Å². The van der Waals surface area contributed by atoms with Crippen LogP contribution in [0.5, 0.6) is 0 Å². The van der Waals surface area contributed by atoms with Crippen molar-refractivity contribution in [3.05, 3.63) is 46.8 Å². The maximum absolute atomic E-state index is 12.4. The summed E-state index contributed by atoms with van der Waals surface area (Å²) in [6, 6.07) is 7.55. The van der Waals surface area contributed by atoms with E-state index in [1.807, 2.05) is 0 Å². The van der Waals surface area contributed by atoms with Gasteiger partial charge in [0, 0.05) is 24.2 Å². The normalized spacial score (nSPS) is 15.6. The summed E-state index contributed by atoms with van der Waals surface area (Å²) in [6.07, 6.45) is 0. The monoisotopic (exact) mass is 340 g/mol. The molecular weight excluding hydrogens is 328 g/mol. The van der Waals surface area contributed by atoms with E-state index in [2.05, 4.69) is 5.16 Å². The molecule has 0 radical (unpaired) electrons. The third-order valence-electron chi connectivity index (χ3n) is 3.56. The Morgan fingerprint density at radius 2 is 1.95 bits per heavy atom. The van der Waals surface area contributed by atoms with Crippen molar-refractivity contribution in [1.29, 1.82) is 0 Å². The van der Waals surface area contributed by atoms with Crippen LogP contribution in [0.2, 0.25) is 5.02 Å². The lowest BCUT2D eigenvalue weighted by Gasteiger charge is -2.38. The highest BCUT2D eigenvalue weighted by molar-refractivity contribution is 7.92. The molecule has 3 rings (SSSR count). The Morgan fingerprint density at radius 3 is 2.50 bits per heavy atom. The van der Waals surface area contributed by atoms with Gasteiger partial charge in [-0.25, -0.2) is 8.42 Å². The Morgan fingerprint density at radius 1 is 1.32 bits per heavy atom. The molecule has 0 aliphatic carbocycles. The molecule has 0 saturated carbocycles. The average Bonchev–Trinajstić information content (AvgIpc) is 2.84. The zero-order valence-electron chi connectivity index (χ0n) is 11.7. The van der Waals surface area contributed by atoms with Crippen LogP contribution in [0.3, 0.4) is 0 Å². The highest BCUT2D eigenvalue weighted by atomic mass is 35.5. The van der Waals surface area contributed by atoms with E-state index in [-0.39, 0.29) is 29.6 Å². The van der Waals surface area contributed by atoms with E-state index in [4.69, 9.17) is 16.1 Å². The van der Waals surface area contributed by atoms with Crippen LogP contribution >= 0.6 is 11.6 Å². The quantitative estimate of drug-likeness (QED) is 0.853. The number of rotatable bonds is 3. The Labute approximate surface area is 132 Å². The maximum atomic E-state index is 12.4. The lowest BCUT2D eigenvalue weighted by atomic mass is 10.2. The van der Waals surface area contributed by atoms with Crippen LogP contribution in [-0.4, -0.2) is 42.7 Å². The average molecular weight is 341 g/mol. The molecule has 1 aliphatic heterocycles. The van der Waals surface area contributed by atoms with Crippen molar-refractivity contribution in [1.82, 2.24) is 10.1 Å². The first-order valence-electron chi connectivity index (χ1n) is 6.60. The fourth-order valence-electron chi connectivity index (χ4n) is 2.25. The minimum Gasteiger partial charge on any atom is -0.361 e. The summed E-state index contributed by atoms with van der Waals surface area (Å²) in [4.78, 5) is 13.7. The van der Waals surface area contributed by atoms with Gasteiger partial charge in [0.15, 0.2) is 15.5 Å². The van der Waals surface area contributed by atoms with Crippen LogP contribution in [0.25, 0.3) is 0 Å². The summed E-state index contributed by atoms with van der Waals surface area (Å²) < 4.78 is 29.7. The summed E-state index contributed by atoms with van der Waals surface area (Å²) >= 11 is 5.76. The topological polar surface area (TPSA) is 80.5 Å². The Kier molecular flexibility index (Phi) is 3.70. The number of hydrogen-bond donors (Lipinski definition) is 0. The van der Waals surface area contributed by atoms with Crippen LogP contribution in [0.1, 0.15) is 16.2 Å². The summed E-state index contributed by atoms with van der Waals surface area (Å²) in [7, 11) is -3.46. The highest BCUT2D eigenvalue weighted by Crippen LogP contribution is 2.26. The SMILES string of the molecule is Cc1cc(C(=O)N2CC(S(=O)(=O)c3ccc(Cl)cc3)C2)no1. The van der Waals surface area contributed by atoms with Crippen molar-refractivity contribution >= 4 is 27.3 Å². The van der Waals surface area contributed by atoms with Crippen LogP contribution in [0.15, 0.2) is 39.8 Å². The molecule has 2 heterocycles. The number of amides is 1. The second kappa shape index (κ2) is 5.40. The molecular formula is C14H13ClN2O4S. The van der Waals surface area contributed by atoms with E-state index in [1.54, 1.807) is 6.92 Å². The first-order valence-corrected chi connectivity index (χ1v) is 8.52. The highest BCUT2D eigenvalue weighted by Gasteiger charge is 2.41. The van der Waals surface area contributed by atoms with Gasteiger partial charge >= 0.3 is 0 Å². The molecule has 22 heavy (non-hydrogen) atoms. The zero-order valence-corrected chi connectivity index (χ0v) is 13.3. The summed E-state index contributed by atoms with van der Waals surface area (Å²) in [5.74, 6) is 0.216. The van der Waals surface area contributed by atoms with Crippen molar-refractivity contribution < 1.29 is 17.7 Å². The van der Waals surface area contributed by atoms with E-state index in [0.29, 0.717) is 10.8 Å². The van der Waals surface area contributed by atoms with E-state index in [9.17, 15) is 13.2 Å². The molecule has 0 spiro atoms. The third kappa shape index (κ3) is 2.62. The lowest BCUT2D eigenvalue weighted by Crippen LogP contribution is -2.56. The molecule has 1 fully saturated rings. The number of aromatic nitrogens is 1. The predicted molar refractivity (Wildman–Crippen MR) is 79.6 cm³/mol. The standard InChI is InChI=1S/C14H13ClN2O4S/c1-9-6-13(16-21-9)14(18)17-7-12(8-17)22(19,20)11-4-2-10(15)3-5-11/h2-6,12H,7-8H2,1H3. The molecule has 8 heteroatoms. The van der Waals surface area contributed by atoms with Gasteiger partial charge in [-0.15, -0.1) is 0 Å². The third-order valence-corrected chi connectivity index (χ3v) is 5.92. The number of carbonyl (C=O) groups is 1. The second-order valence-electron chi connectivity index (χ2n) is 5.15. The first kappa shape index (κ1) is 15.1. The molecule has 0 unspecified atom stereocenters. The smallest absolute Gasteiger partial charge is 0.276 e. The Balaban J connectivity index is 1.70. The van der Waals surface area contributed by atoms with E-state index in [1.165, 1.54) is 35.2 Å². The largest absolute Gasteiger partial charge is 0.361 e. The number of benzene rings is 1. The number of carbonyl (C=O) groups excluding carboxylic acids is 1. The number of halogens is 1. The minimum atomic E-state index is -3.46. The lowest BCUT2D eigenvalue weighted by molar-refractivity contribution is 0.0648. The van der Waals surface area contributed by atoms with E-state index < -0.39 is 15.1 Å². The molecule has 2 aromatic rings. The van der Waals surface area contributed by atoms with Crippen molar-refractivity contribution in [2.75, 3.05) is 13.1 Å². The van der Waals surface area contributed by atoms with Gasteiger partial charge in [-0.05, 0) is 31.2 Å². The van der Waals surface area contributed by atoms with Gasteiger partial charge in [0.05, 0.1) is 4.90 Å². The Bertz CT molecular complexity index is 808. The summed E-state index contributed by atoms with van der Waals surface area (Å²) in [5, 5.41) is 3.52. The van der Waals surface area contributed by atoms with Gasteiger partial charge in [-0.2, -0.15) is 0 Å². The number of aryl methyl sites for hydroxylation is 1. The molecule has 1 aliphatic rings. The predicted octanol–water partition coefficient (Wildman–Crippen LogP) is 1.93. The molecule has 0 bridgehead atoms. The fourth-order valence-corrected chi connectivity index (χ4v) is 4.02. The number of sulfone groups is 1. The van der Waals surface area contributed by atoms with Crippen LogP contribution in [0, 0.1) is 6.92 Å². The van der Waals surface area contributed by atoms with E-state index in [0.717, 1.165) is 0 Å². The number of hydrogen-bond acceptors (Lipinski definition) is 5. The maximum Gasteiger partial charge on any atom is 0.276 e. The van der Waals surface area contributed by atoms with E-state index >= 15 is 0 Å². The fraction of sp³-hybridized carbons (Fsp3) is 0.286. The summed E-state index contributed by atoms with van der Waals surface area (Å²) in [5.41, 5.74) is 0.194. The molecule has 1 amide bonds. The molecule has 6 nitrogen and oxygen atoms in total. The first-order chi connectivity index (χ1) is 10.4. The number of nitrogens with zero attached hydrogens (tertiary/aromatic N) is 2. The minimum absolute atomic E-state index is 0.149. The number of likely N-dealkylation sites (tertiary alicyclic amines) is 1. The Hall–Kier alpha value is -1.86. The van der Waals surface area contributed by atoms with Gasteiger partial charge in [0.25, 0.3) is 5.91 Å². The summed E-state index contributed by atoms with van der Waals surface area (Å²) in [6.45, 7) is 1.99. The molecule has 0 N–H and O–H groups in total. The van der Waals surface area contributed by atoms with Gasteiger partial charge < -0.3 is 9.42 Å². The van der Waals surface area contributed by atoms with Crippen LogP contribution in [-0.2, 0) is 9.84 Å². The van der Waals surface area contributed by atoms with Crippen molar-refractivity contribution in [2.24, 2.45) is 0 Å². The molecule has 1 aromatic carbocycles. The van der Waals surface area contributed by atoms with Crippen LogP contribution in [0.4, 0.5) is 0 Å². The van der Waals surface area contributed by atoms with Gasteiger partial charge in [-0.1, -0.05) is 16.8 Å². The molecule has 116 valence electrons. The van der Waals surface area contributed by atoms with Gasteiger partial charge in [0.2, 0.25) is 0 Å². The van der Waals surface area contributed by atoms with Gasteiger partial charge in [-0.3, -0.25) is 4.79 Å². The zero-order chi connectivity index (χ0) is 15.9. The van der Waals surface area contributed by atoms with Crippen molar-refractivity contribution in [3.8, 4) is 0 Å². The van der Waals surface area contributed by atoms with Crippen molar-refractivity contribution in [3.63, 3.8) is 0 Å². The molecule has 0 atom stereocenters.